The lowest BCUT2D eigenvalue weighted by Gasteiger charge is -2.31. The summed E-state index contributed by atoms with van der Waals surface area (Å²) < 4.78 is 5.91. The van der Waals surface area contributed by atoms with E-state index in [4.69, 9.17) is 4.74 Å². The fourth-order valence-electron chi connectivity index (χ4n) is 3.66. The topological polar surface area (TPSA) is 74.8 Å². The molecule has 2 aliphatic rings. The molecule has 7 heteroatoms. The third-order valence-electron chi connectivity index (χ3n) is 5.29. The van der Waals surface area contributed by atoms with E-state index in [0.29, 0.717) is 37.7 Å². The number of pyridine rings is 1. The van der Waals surface area contributed by atoms with Crippen LogP contribution in [0, 0.1) is 0 Å². The second kappa shape index (κ2) is 7.88. The molecule has 0 spiro atoms. The van der Waals surface area contributed by atoms with Crippen molar-refractivity contribution in [3.63, 3.8) is 0 Å². The zero-order valence-corrected chi connectivity index (χ0v) is 15.9. The van der Waals surface area contributed by atoms with E-state index in [2.05, 4.69) is 22.4 Å². The Hall–Kier alpha value is -3.09. The first-order chi connectivity index (χ1) is 13.6. The molecule has 2 aromatic rings. The van der Waals surface area contributed by atoms with Crippen molar-refractivity contribution in [2.24, 2.45) is 0 Å². The van der Waals surface area contributed by atoms with Crippen molar-refractivity contribution < 1.29 is 14.3 Å². The standard InChI is InChI=1S/C21H24N4O3/c1-15(26)24-10-8-19(9-11-24)28-20-7-6-18(12-22-20)23-21(27)25-13-16-4-2-3-5-17(16)14-25/h2-7,12,19H,8-11,13-14H2,1H3,(H,23,27). The zero-order chi connectivity index (χ0) is 19.5. The van der Waals surface area contributed by atoms with Crippen LogP contribution >= 0.6 is 0 Å². The number of ether oxygens (including phenoxy) is 1. The predicted octanol–water partition coefficient (Wildman–Crippen LogP) is 3.02. The van der Waals surface area contributed by atoms with Crippen LogP contribution in [0.4, 0.5) is 10.5 Å². The van der Waals surface area contributed by atoms with E-state index in [1.54, 1.807) is 30.2 Å². The van der Waals surface area contributed by atoms with Gasteiger partial charge in [-0.1, -0.05) is 24.3 Å². The van der Waals surface area contributed by atoms with Crippen molar-refractivity contribution in [3.05, 3.63) is 53.7 Å². The highest BCUT2D eigenvalue weighted by Gasteiger charge is 2.24. The Morgan fingerprint density at radius 3 is 2.29 bits per heavy atom. The Bertz CT molecular complexity index is 835. The van der Waals surface area contributed by atoms with Crippen LogP contribution in [0.25, 0.3) is 0 Å². The van der Waals surface area contributed by atoms with Crippen molar-refractivity contribution in [1.82, 2.24) is 14.8 Å². The van der Waals surface area contributed by atoms with Crippen LogP contribution in [0.15, 0.2) is 42.6 Å². The number of hydrogen-bond donors (Lipinski definition) is 1. The second-order valence-corrected chi connectivity index (χ2v) is 7.26. The molecule has 4 rings (SSSR count). The summed E-state index contributed by atoms with van der Waals surface area (Å²) in [6.45, 7) is 4.26. The number of likely N-dealkylation sites (tertiary alicyclic amines) is 1. The van der Waals surface area contributed by atoms with Crippen LogP contribution in [0.5, 0.6) is 5.88 Å². The average Bonchev–Trinajstić information content (AvgIpc) is 3.14. The monoisotopic (exact) mass is 380 g/mol. The van der Waals surface area contributed by atoms with E-state index in [-0.39, 0.29) is 18.0 Å². The molecule has 0 atom stereocenters. The summed E-state index contributed by atoms with van der Waals surface area (Å²) in [5.74, 6) is 0.644. The number of aromatic nitrogens is 1. The number of nitrogens with one attached hydrogen (secondary N) is 1. The Morgan fingerprint density at radius 2 is 1.71 bits per heavy atom. The van der Waals surface area contributed by atoms with Gasteiger partial charge in [-0.25, -0.2) is 9.78 Å². The molecular weight excluding hydrogens is 356 g/mol. The maximum Gasteiger partial charge on any atom is 0.322 e. The van der Waals surface area contributed by atoms with Gasteiger partial charge in [0.15, 0.2) is 0 Å². The summed E-state index contributed by atoms with van der Waals surface area (Å²) in [6, 6.07) is 11.5. The third-order valence-corrected chi connectivity index (χ3v) is 5.29. The van der Waals surface area contributed by atoms with Crippen molar-refractivity contribution in [3.8, 4) is 5.88 Å². The molecule has 0 bridgehead atoms. The van der Waals surface area contributed by atoms with Crippen molar-refractivity contribution in [2.75, 3.05) is 18.4 Å². The maximum absolute atomic E-state index is 12.5. The first-order valence-corrected chi connectivity index (χ1v) is 9.59. The van der Waals surface area contributed by atoms with Gasteiger partial charge in [-0.05, 0) is 17.2 Å². The van der Waals surface area contributed by atoms with Crippen molar-refractivity contribution >= 4 is 17.6 Å². The number of amides is 3. The molecule has 0 aliphatic carbocycles. The van der Waals surface area contributed by atoms with Crippen LogP contribution in [-0.2, 0) is 17.9 Å². The number of hydrogen-bond acceptors (Lipinski definition) is 4. The average molecular weight is 380 g/mol. The van der Waals surface area contributed by atoms with Gasteiger partial charge in [0.25, 0.3) is 0 Å². The molecule has 1 aromatic carbocycles. The van der Waals surface area contributed by atoms with E-state index in [0.717, 1.165) is 12.8 Å². The Balaban J connectivity index is 1.28. The molecule has 1 N–H and O–H groups in total. The second-order valence-electron chi connectivity index (χ2n) is 7.26. The summed E-state index contributed by atoms with van der Waals surface area (Å²) in [4.78, 5) is 31.8. The molecule has 0 saturated carbocycles. The number of nitrogens with zero attached hydrogens (tertiary/aromatic N) is 3. The molecule has 1 aromatic heterocycles. The Kier molecular flexibility index (Phi) is 5.14. The first kappa shape index (κ1) is 18.3. The zero-order valence-electron chi connectivity index (χ0n) is 15.9. The number of urea groups is 1. The van der Waals surface area contributed by atoms with Crippen LogP contribution in [0.2, 0.25) is 0 Å². The minimum absolute atomic E-state index is 0.0617. The molecule has 1 fully saturated rings. The summed E-state index contributed by atoms with van der Waals surface area (Å²) >= 11 is 0. The molecule has 0 radical (unpaired) electrons. The van der Waals surface area contributed by atoms with Gasteiger partial charge < -0.3 is 19.9 Å². The van der Waals surface area contributed by atoms with Crippen LogP contribution in [0.1, 0.15) is 30.9 Å². The van der Waals surface area contributed by atoms with E-state index < -0.39 is 0 Å². The van der Waals surface area contributed by atoms with Gasteiger partial charge in [-0.15, -0.1) is 0 Å². The molecule has 2 aliphatic heterocycles. The number of carbonyl (C=O) groups excluding carboxylic acids is 2. The largest absolute Gasteiger partial charge is 0.474 e. The van der Waals surface area contributed by atoms with Crippen LogP contribution in [-0.4, -0.2) is 45.9 Å². The van der Waals surface area contributed by atoms with E-state index in [1.165, 1.54) is 11.1 Å². The SMILES string of the molecule is CC(=O)N1CCC(Oc2ccc(NC(=O)N3Cc4ccccc4C3)cn2)CC1. The summed E-state index contributed by atoms with van der Waals surface area (Å²) in [5, 5.41) is 2.89. The number of benzene rings is 1. The highest BCUT2D eigenvalue weighted by Crippen LogP contribution is 2.23. The maximum atomic E-state index is 12.5. The number of rotatable bonds is 3. The Morgan fingerprint density at radius 1 is 1.04 bits per heavy atom. The van der Waals surface area contributed by atoms with E-state index in [1.807, 2.05) is 17.0 Å². The molecule has 3 amide bonds. The molecule has 1 saturated heterocycles. The fourth-order valence-corrected chi connectivity index (χ4v) is 3.66. The van der Waals surface area contributed by atoms with Gasteiger partial charge >= 0.3 is 6.03 Å². The molecule has 7 nitrogen and oxygen atoms in total. The molecule has 28 heavy (non-hydrogen) atoms. The number of fused-ring (bicyclic) bond motifs is 1. The van der Waals surface area contributed by atoms with Crippen molar-refractivity contribution in [1.29, 1.82) is 0 Å². The van der Waals surface area contributed by atoms with Crippen LogP contribution in [0.3, 0.4) is 0 Å². The lowest BCUT2D eigenvalue weighted by molar-refractivity contribution is -0.130. The smallest absolute Gasteiger partial charge is 0.322 e. The minimum Gasteiger partial charge on any atom is -0.474 e. The van der Waals surface area contributed by atoms with Crippen LogP contribution < -0.4 is 10.1 Å². The van der Waals surface area contributed by atoms with Gasteiger partial charge in [0.1, 0.15) is 6.10 Å². The molecule has 0 unspecified atom stereocenters. The molecule has 146 valence electrons. The van der Waals surface area contributed by atoms with E-state index in [9.17, 15) is 9.59 Å². The van der Waals surface area contributed by atoms with Gasteiger partial charge in [0.2, 0.25) is 11.8 Å². The minimum atomic E-state index is -0.136. The number of piperidine rings is 1. The number of carbonyl (C=O) groups is 2. The Labute approximate surface area is 164 Å². The first-order valence-electron chi connectivity index (χ1n) is 9.59. The predicted molar refractivity (Wildman–Crippen MR) is 105 cm³/mol. The quantitative estimate of drug-likeness (QED) is 0.888. The highest BCUT2D eigenvalue weighted by atomic mass is 16.5. The summed E-state index contributed by atoms with van der Waals surface area (Å²) in [6.07, 6.45) is 3.28. The molecule has 3 heterocycles. The lowest BCUT2D eigenvalue weighted by atomic mass is 10.1. The highest BCUT2D eigenvalue weighted by molar-refractivity contribution is 5.89. The normalized spacial score (nSPS) is 16.6. The number of anilines is 1. The van der Waals surface area contributed by atoms with Gasteiger partial charge in [0.05, 0.1) is 11.9 Å². The van der Waals surface area contributed by atoms with E-state index >= 15 is 0 Å². The van der Waals surface area contributed by atoms with Gasteiger partial charge in [0, 0.05) is 52.0 Å². The fraction of sp³-hybridized carbons (Fsp3) is 0.381. The van der Waals surface area contributed by atoms with Gasteiger partial charge in [-0.3, -0.25) is 4.79 Å². The van der Waals surface area contributed by atoms with Crippen molar-refractivity contribution in [2.45, 2.75) is 39.0 Å². The third kappa shape index (κ3) is 4.08. The van der Waals surface area contributed by atoms with Gasteiger partial charge in [-0.2, -0.15) is 0 Å². The summed E-state index contributed by atoms with van der Waals surface area (Å²) in [7, 11) is 0. The summed E-state index contributed by atoms with van der Waals surface area (Å²) in [5.41, 5.74) is 3.02. The lowest BCUT2D eigenvalue weighted by Crippen LogP contribution is -2.40. The molecular formula is C21H24N4O3.